The fourth-order valence-electron chi connectivity index (χ4n) is 4.48. The van der Waals surface area contributed by atoms with Crippen LogP contribution in [0, 0.1) is 6.92 Å². The van der Waals surface area contributed by atoms with Gasteiger partial charge in [-0.3, -0.25) is 4.90 Å². The second-order valence-electron chi connectivity index (χ2n) is 7.38. The Hall–Kier alpha value is -1.27. The number of aryl methyl sites for hydroxylation is 1. The van der Waals surface area contributed by atoms with Gasteiger partial charge in [-0.2, -0.15) is 0 Å². The summed E-state index contributed by atoms with van der Waals surface area (Å²) in [7, 11) is 1.83. The number of likely N-dealkylation sites (tertiary alicyclic amines) is 1. The van der Waals surface area contributed by atoms with Crippen LogP contribution in [-0.4, -0.2) is 46.4 Å². The molecule has 2 aromatic rings. The summed E-state index contributed by atoms with van der Waals surface area (Å²) in [5.74, 6) is 0. The zero-order valence-corrected chi connectivity index (χ0v) is 15.8. The average molecular weight is 359 g/mol. The molecule has 1 N–H and O–H groups in total. The Balaban J connectivity index is 1.52. The number of thiazole rings is 1. The van der Waals surface area contributed by atoms with E-state index in [-0.39, 0.29) is 11.7 Å². The minimum Gasteiger partial charge on any atom is -0.393 e. The largest absolute Gasteiger partial charge is 0.393 e. The van der Waals surface area contributed by atoms with Crippen molar-refractivity contribution in [1.82, 2.24) is 9.88 Å². The van der Waals surface area contributed by atoms with Crippen molar-refractivity contribution in [2.24, 2.45) is 0 Å². The van der Waals surface area contributed by atoms with Crippen molar-refractivity contribution in [3.05, 3.63) is 40.9 Å². The SMILES string of the molecule is CO[C@@]12CC[C@@H](O)C[C@@H]1N(Cc1cnc(-c3ccccc3C)s1)CC2. The van der Waals surface area contributed by atoms with E-state index >= 15 is 0 Å². The highest BCUT2D eigenvalue weighted by Gasteiger charge is 2.50. The lowest BCUT2D eigenvalue weighted by molar-refractivity contribution is -0.0878. The molecular formula is C20H26N2O2S. The third-order valence-electron chi connectivity index (χ3n) is 5.96. The van der Waals surface area contributed by atoms with Gasteiger partial charge in [0, 0.05) is 42.9 Å². The second kappa shape index (κ2) is 6.80. The summed E-state index contributed by atoms with van der Waals surface area (Å²) in [6.45, 7) is 4.06. The van der Waals surface area contributed by atoms with Gasteiger partial charge in [0.05, 0.1) is 11.7 Å². The van der Waals surface area contributed by atoms with Gasteiger partial charge >= 0.3 is 0 Å². The van der Waals surface area contributed by atoms with Gasteiger partial charge in [0.15, 0.2) is 0 Å². The van der Waals surface area contributed by atoms with Crippen LogP contribution in [0.2, 0.25) is 0 Å². The Morgan fingerprint density at radius 2 is 2.20 bits per heavy atom. The maximum Gasteiger partial charge on any atom is 0.123 e. The number of ether oxygens (including phenoxy) is 1. The number of hydrogen-bond acceptors (Lipinski definition) is 5. The lowest BCUT2D eigenvalue weighted by atomic mass is 9.79. The van der Waals surface area contributed by atoms with E-state index in [1.165, 1.54) is 16.0 Å². The zero-order valence-electron chi connectivity index (χ0n) is 14.9. The van der Waals surface area contributed by atoms with Gasteiger partial charge in [0.2, 0.25) is 0 Å². The second-order valence-corrected chi connectivity index (χ2v) is 8.50. The molecule has 4 rings (SSSR count). The van der Waals surface area contributed by atoms with E-state index in [0.717, 1.165) is 43.8 Å². The van der Waals surface area contributed by atoms with Crippen LogP contribution in [0.5, 0.6) is 0 Å². The molecule has 3 atom stereocenters. The average Bonchev–Trinajstić information content (AvgIpc) is 3.22. The number of aromatic nitrogens is 1. The molecule has 0 unspecified atom stereocenters. The molecule has 5 heteroatoms. The molecule has 1 saturated heterocycles. The van der Waals surface area contributed by atoms with Crippen molar-refractivity contribution in [3.8, 4) is 10.6 Å². The number of fused-ring (bicyclic) bond motifs is 1. The lowest BCUT2D eigenvalue weighted by Gasteiger charge is -2.42. The predicted octanol–water partition coefficient (Wildman–Crippen LogP) is 3.62. The summed E-state index contributed by atoms with van der Waals surface area (Å²) in [6, 6.07) is 8.72. The molecule has 0 spiro atoms. The van der Waals surface area contributed by atoms with E-state index in [9.17, 15) is 5.11 Å². The van der Waals surface area contributed by atoms with Crippen LogP contribution in [0.25, 0.3) is 10.6 Å². The van der Waals surface area contributed by atoms with E-state index < -0.39 is 0 Å². The molecule has 1 aromatic carbocycles. The first kappa shape index (κ1) is 17.2. The van der Waals surface area contributed by atoms with Gasteiger partial charge < -0.3 is 9.84 Å². The highest BCUT2D eigenvalue weighted by atomic mass is 32.1. The number of nitrogens with zero attached hydrogens (tertiary/aromatic N) is 2. The minimum atomic E-state index is -0.196. The highest BCUT2D eigenvalue weighted by molar-refractivity contribution is 7.15. The quantitative estimate of drug-likeness (QED) is 0.907. The van der Waals surface area contributed by atoms with Crippen LogP contribution in [0.1, 0.15) is 36.1 Å². The topological polar surface area (TPSA) is 45.6 Å². The first-order chi connectivity index (χ1) is 12.1. The van der Waals surface area contributed by atoms with Crippen molar-refractivity contribution >= 4 is 11.3 Å². The van der Waals surface area contributed by atoms with E-state index in [0.29, 0.717) is 6.04 Å². The van der Waals surface area contributed by atoms with Crippen LogP contribution in [0.4, 0.5) is 0 Å². The minimum absolute atomic E-state index is 0.0667. The molecule has 2 heterocycles. The van der Waals surface area contributed by atoms with Gasteiger partial charge in [0.1, 0.15) is 5.01 Å². The predicted molar refractivity (Wildman–Crippen MR) is 101 cm³/mol. The number of benzene rings is 1. The van der Waals surface area contributed by atoms with Gasteiger partial charge in [0.25, 0.3) is 0 Å². The maximum atomic E-state index is 10.1. The van der Waals surface area contributed by atoms with Crippen molar-refractivity contribution in [2.75, 3.05) is 13.7 Å². The van der Waals surface area contributed by atoms with Gasteiger partial charge in [-0.05, 0) is 38.2 Å². The first-order valence-electron chi connectivity index (χ1n) is 9.09. The van der Waals surface area contributed by atoms with Crippen LogP contribution < -0.4 is 0 Å². The Morgan fingerprint density at radius 3 is 3.00 bits per heavy atom. The summed E-state index contributed by atoms with van der Waals surface area (Å²) in [5.41, 5.74) is 2.42. The van der Waals surface area contributed by atoms with E-state index in [1.807, 2.05) is 13.3 Å². The molecule has 4 nitrogen and oxygen atoms in total. The normalized spacial score (nSPS) is 29.7. The van der Waals surface area contributed by atoms with Crippen molar-refractivity contribution < 1.29 is 9.84 Å². The van der Waals surface area contributed by atoms with Gasteiger partial charge in [-0.15, -0.1) is 11.3 Å². The molecule has 0 bridgehead atoms. The summed E-state index contributed by atoms with van der Waals surface area (Å²) >= 11 is 1.78. The summed E-state index contributed by atoms with van der Waals surface area (Å²) < 4.78 is 5.94. The Kier molecular flexibility index (Phi) is 4.67. The smallest absolute Gasteiger partial charge is 0.123 e. The fraction of sp³-hybridized carbons (Fsp3) is 0.550. The molecule has 1 aliphatic heterocycles. The van der Waals surface area contributed by atoms with Crippen LogP contribution in [-0.2, 0) is 11.3 Å². The Bertz CT molecular complexity index is 747. The molecule has 1 aromatic heterocycles. The Morgan fingerprint density at radius 1 is 1.36 bits per heavy atom. The molecule has 0 amide bonds. The highest BCUT2D eigenvalue weighted by Crippen LogP contribution is 2.43. The van der Waals surface area contributed by atoms with Crippen molar-refractivity contribution in [2.45, 2.75) is 56.9 Å². The van der Waals surface area contributed by atoms with Crippen molar-refractivity contribution in [3.63, 3.8) is 0 Å². The number of hydrogen-bond donors (Lipinski definition) is 1. The van der Waals surface area contributed by atoms with E-state index in [4.69, 9.17) is 4.74 Å². The molecule has 0 radical (unpaired) electrons. The molecule has 2 aliphatic rings. The van der Waals surface area contributed by atoms with Gasteiger partial charge in [-0.25, -0.2) is 4.98 Å². The van der Waals surface area contributed by atoms with E-state index in [1.54, 1.807) is 11.3 Å². The number of aliphatic hydroxyl groups is 1. The first-order valence-corrected chi connectivity index (χ1v) is 9.91. The third kappa shape index (κ3) is 3.14. The lowest BCUT2D eigenvalue weighted by Crippen LogP contribution is -2.51. The summed E-state index contributed by atoms with van der Waals surface area (Å²) in [4.78, 5) is 8.43. The molecule has 1 aliphatic carbocycles. The molecule has 134 valence electrons. The van der Waals surface area contributed by atoms with Crippen LogP contribution in [0.15, 0.2) is 30.5 Å². The zero-order chi connectivity index (χ0) is 17.4. The molecule has 25 heavy (non-hydrogen) atoms. The number of aliphatic hydroxyl groups excluding tert-OH is 1. The Labute approximate surface area is 153 Å². The monoisotopic (exact) mass is 358 g/mol. The van der Waals surface area contributed by atoms with Crippen LogP contribution in [0.3, 0.4) is 0 Å². The molecule has 1 saturated carbocycles. The standard InChI is InChI=1S/C20H26N2O2S/c1-14-5-3-4-6-17(14)19-21-12-16(25-19)13-22-10-9-20(24-2)8-7-15(23)11-18(20)22/h3-6,12,15,18,23H,7-11,13H2,1-2H3/t15-,18+,20-/m1/s1. The maximum absolute atomic E-state index is 10.1. The van der Waals surface area contributed by atoms with Gasteiger partial charge in [-0.1, -0.05) is 24.3 Å². The summed E-state index contributed by atoms with van der Waals surface area (Å²) in [5, 5.41) is 11.2. The number of rotatable bonds is 4. The fourth-order valence-corrected chi connectivity index (χ4v) is 5.51. The number of methoxy groups -OCH3 is 1. The van der Waals surface area contributed by atoms with E-state index in [2.05, 4.69) is 41.1 Å². The molecular weight excluding hydrogens is 332 g/mol. The van der Waals surface area contributed by atoms with Crippen LogP contribution >= 0.6 is 11.3 Å². The third-order valence-corrected chi connectivity index (χ3v) is 6.98. The van der Waals surface area contributed by atoms with Crippen molar-refractivity contribution in [1.29, 1.82) is 0 Å². The summed E-state index contributed by atoms with van der Waals surface area (Å²) in [6.07, 6.45) is 5.51. The molecule has 2 fully saturated rings.